The van der Waals surface area contributed by atoms with Crippen LogP contribution in [0.1, 0.15) is 77.0 Å². The summed E-state index contributed by atoms with van der Waals surface area (Å²) in [4.78, 5) is 30.9. The number of carbonyl (C=O) groups is 2. The van der Waals surface area contributed by atoms with E-state index in [4.69, 9.17) is 15.5 Å². The molecule has 0 aromatic carbocycles. The summed E-state index contributed by atoms with van der Waals surface area (Å²) in [5.41, 5.74) is 5.38. The summed E-state index contributed by atoms with van der Waals surface area (Å²) in [6.07, 6.45) is 13.4. The van der Waals surface area contributed by atoms with Crippen molar-refractivity contribution >= 4 is 17.8 Å². The Morgan fingerprint density at radius 3 is 2.59 bits per heavy atom. The Kier molecular flexibility index (Phi) is 7.55. The molecule has 1 aliphatic heterocycles. The molecule has 2 fully saturated rings. The molecule has 7 nitrogen and oxygen atoms in total. The minimum absolute atomic E-state index is 0.0652. The number of likely N-dealkylation sites (N-methyl/N-ethyl adjacent to an activating group) is 1. The van der Waals surface area contributed by atoms with Gasteiger partial charge in [-0.05, 0) is 43.9 Å². The fourth-order valence-electron chi connectivity index (χ4n) is 5.51. The van der Waals surface area contributed by atoms with Crippen molar-refractivity contribution in [2.75, 3.05) is 20.7 Å². The highest BCUT2D eigenvalue weighted by atomic mass is 16.5. The normalized spacial score (nSPS) is 31.0. The van der Waals surface area contributed by atoms with Gasteiger partial charge in [-0.1, -0.05) is 44.9 Å². The van der Waals surface area contributed by atoms with Gasteiger partial charge in [0, 0.05) is 13.1 Å². The lowest BCUT2D eigenvalue weighted by Crippen LogP contribution is -2.45. The first-order valence-corrected chi connectivity index (χ1v) is 11.4. The van der Waals surface area contributed by atoms with Crippen molar-refractivity contribution in [1.29, 1.82) is 0 Å². The van der Waals surface area contributed by atoms with Crippen molar-refractivity contribution in [2.45, 2.75) is 88.6 Å². The number of amides is 1. The first kappa shape index (κ1) is 22.1. The van der Waals surface area contributed by atoms with Crippen LogP contribution in [0.4, 0.5) is 0 Å². The standard InChI is InChI=1S/C22H38N4O3/c1-26-20(28)22(25-21(26)23,12-11-16-7-4-3-5-8-16)14-17-9-6-10-18(13-17)24-15-19(27)29-2/h16-18,24H,3-15H2,1-2H3,(H2,23,25)/t17?,18-,22-/m1/s1. The van der Waals surface area contributed by atoms with Crippen LogP contribution in [0.2, 0.25) is 0 Å². The van der Waals surface area contributed by atoms with Gasteiger partial charge in [0.2, 0.25) is 0 Å². The molecule has 29 heavy (non-hydrogen) atoms. The van der Waals surface area contributed by atoms with Gasteiger partial charge in [-0.25, -0.2) is 4.99 Å². The van der Waals surface area contributed by atoms with Crippen molar-refractivity contribution in [2.24, 2.45) is 22.6 Å². The maximum Gasteiger partial charge on any atom is 0.319 e. The number of nitrogens with two attached hydrogens (primary N) is 1. The lowest BCUT2D eigenvalue weighted by atomic mass is 9.74. The number of nitrogens with zero attached hydrogens (tertiary/aromatic N) is 2. The predicted molar refractivity (Wildman–Crippen MR) is 113 cm³/mol. The number of esters is 1. The number of hydrogen-bond acceptors (Lipinski definition) is 6. The molecule has 3 N–H and O–H groups in total. The molecule has 2 aliphatic carbocycles. The minimum Gasteiger partial charge on any atom is -0.468 e. The van der Waals surface area contributed by atoms with Crippen LogP contribution < -0.4 is 11.1 Å². The van der Waals surface area contributed by atoms with Crippen LogP contribution in [0.5, 0.6) is 0 Å². The van der Waals surface area contributed by atoms with E-state index in [-0.39, 0.29) is 18.4 Å². The predicted octanol–water partition coefficient (Wildman–Crippen LogP) is 2.58. The molecule has 0 aromatic rings. The van der Waals surface area contributed by atoms with Crippen LogP contribution in [-0.4, -0.2) is 55.0 Å². The maximum atomic E-state index is 13.2. The Morgan fingerprint density at radius 2 is 1.93 bits per heavy atom. The third-order valence-electron chi connectivity index (χ3n) is 7.24. The summed E-state index contributed by atoms with van der Waals surface area (Å²) in [5.74, 6) is 1.32. The second kappa shape index (κ2) is 9.92. The molecular weight excluding hydrogens is 368 g/mol. The molecular formula is C22H38N4O3. The second-order valence-corrected chi connectivity index (χ2v) is 9.30. The summed E-state index contributed by atoms with van der Waals surface area (Å²) >= 11 is 0. The van der Waals surface area contributed by atoms with Crippen molar-refractivity contribution in [3.05, 3.63) is 0 Å². The van der Waals surface area contributed by atoms with Crippen LogP contribution in [-0.2, 0) is 14.3 Å². The zero-order chi connectivity index (χ0) is 20.9. The zero-order valence-electron chi connectivity index (χ0n) is 18.1. The van der Waals surface area contributed by atoms with Crippen LogP contribution in [0.15, 0.2) is 4.99 Å². The second-order valence-electron chi connectivity index (χ2n) is 9.30. The molecule has 3 aliphatic rings. The van der Waals surface area contributed by atoms with Gasteiger partial charge < -0.3 is 15.8 Å². The Morgan fingerprint density at radius 1 is 1.21 bits per heavy atom. The minimum atomic E-state index is -0.689. The lowest BCUT2D eigenvalue weighted by Gasteiger charge is -2.35. The van der Waals surface area contributed by atoms with E-state index in [1.54, 1.807) is 7.05 Å². The van der Waals surface area contributed by atoms with Crippen LogP contribution in [0, 0.1) is 11.8 Å². The first-order valence-electron chi connectivity index (χ1n) is 11.4. The van der Waals surface area contributed by atoms with Crippen molar-refractivity contribution in [3.63, 3.8) is 0 Å². The first-order chi connectivity index (χ1) is 13.9. The molecule has 3 rings (SSSR count). The van der Waals surface area contributed by atoms with E-state index in [9.17, 15) is 9.59 Å². The highest BCUT2D eigenvalue weighted by Crippen LogP contribution is 2.40. The van der Waals surface area contributed by atoms with E-state index in [2.05, 4.69) is 5.32 Å². The zero-order valence-corrected chi connectivity index (χ0v) is 18.1. The average Bonchev–Trinajstić information content (AvgIpc) is 2.95. The molecule has 7 heteroatoms. The maximum absolute atomic E-state index is 13.2. The molecule has 2 saturated carbocycles. The summed E-state index contributed by atoms with van der Waals surface area (Å²) in [6, 6.07) is 0.291. The number of nitrogens with one attached hydrogen (secondary N) is 1. The molecule has 0 spiro atoms. The van der Waals surface area contributed by atoms with Gasteiger partial charge in [0.25, 0.3) is 5.91 Å². The largest absolute Gasteiger partial charge is 0.468 e. The third kappa shape index (κ3) is 5.50. The quantitative estimate of drug-likeness (QED) is 0.604. The highest BCUT2D eigenvalue weighted by Gasteiger charge is 2.47. The topological polar surface area (TPSA) is 97.0 Å². The fourth-order valence-corrected chi connectivity index (χ4v) is 5.51. The van der Waals surface area contributed by atoms with Crippen molar-refractivity contribution in [1.82, 2.24) is 10.2 Å². The number of aliphatic imine (C=N–C) groups is 1. The summed E-state index contributed by atoms with van der Waals surface area (Å²) in [5, 5.41) is 3.32. The molecule has 1 unspecified atom stereocenters. The Hall–Kier alpha value is -1.63. The van der Waals surface area contributed by atoms with Gasteiger partial charge in [-0.2, -0.15) is 0 Å². The third-order valence-corrected chi connectivity index (χ3v) is 7.24. The molecule has 164 valence electrons. The fraction of sp³-hybridized carbons (Fsp3) is 0.864. The van der Waals surface area contributed by atoms with Gasteiger partial charge in [0.05, 0.1) is 13.7 Å². The van der Waals surface area contributed by atoms with Gasteiger partial charge in [0.1, 0.15) is 5.54 Å². The Bertz CT molecular complexity index is 617. The van der Waals surface area contributed by atoms with Gasteiger partial charge in [0.15, 0.2) is 5.96 Å². The van der Waals surface area contributed by atoms with Crippen LogP contribution in [0.25, 0.3) is 0 Å². The Labute approximate surface area is 174 Å². The smallest absolute Gasteiger partial charge is 0.319 e. The van der Waals surface area contributed by atoms with Gasteiger partial charge in [-0.3, -0.25) is 14.5 Å². The van der Waals surface area contributed by atoms with Crippen molar-refractivity contribution < 1.29 is 14.3 Å². The molecule has 0 radical (unpaired) electrons. The number of methoxy groups -OCH3 is 1. The Balaban J connectivity index is 1.63. The van der Waals surface area contributed by atoms with Gasteiger partial charge in [-0.15, -0.1) is 0 Å². The summed E-state index contributed by atoms with van der Waals surface area (Å²) in [6.45, 7) is 0.244. The van der Waals surface area contributed by atoms with E-state index in [0.29, 0.717) is 17.9 Å². The summed E-state index contributed by atoms with van der Waals surface area (Å²) < 4.78 is 4.74. The number of hydrogen-bond donors (Lipinski definition) is 2. The average molecular weight is 407 g/mol. The lowest BCUT2D eigenvalue weighted by molar-refractivity contribution is -0.139. The van der Waals surface area contributed by atoms with Crippen LogP contribution >= 0.6 is 0 Å². The van der Waals surface area contributed by atoms with Crippen LogP contribution in [0.3, 0.4) is 0 Å². The van der Waals surface area contributed by atoms with E-state index in [1.807, 2.05) is 0 Å². The molecule has 3 atom stereocenters. The number of rotatable bonds is 8. The molecule has 0 bridgehead atoms. The molecule has 0 aromatic heterocycles. The van der Waals surface area contributed by atoms with E-state index in [0.717, 1.165) is 50.9 Å². The number of ether oxygens (including phenoxy) is 1. The van der Waals surface area contributed by atoms with Gasteiger partial charge >= 0.3 is 5.97 Å². The summed E-state index contributed by atoms with van der Waals surface area (Å²) in [7, 11) is 3.15. The number of carbonyl (C=O) groups excluding carboxylic acids is 2. The number of guanidine groups is 1. The molecule has 0 saturated heterocycles. The van der Waals surface area contributed by atoms with E-state index in [1.165, 1.54) is 44.1 Å². The monoisotopic (exact) mass is 406 g/mol. The molecule has 1 heterocycles. The van der Waals surface area contributed by atoms with Crippen molar-refractivity contribution in [3.8, 4) is 0 Å². The molecule has 1 amide bonds. The SMILES string of the molecule is COC(=O)CN[C@@H]1CCCC(C[C@@]2(CCC3CCCCC3)N=C(N)N(C)C2=O)C1. The highest BCUT2D eigenvalue weighted by molar-refractivity contribution is 6.06. The van der Waals surface area contributed by atoms with E-state index < -0.39 is 5.54 Å². The van der Waals surface area contributed by atoms with E-state index >= 15 is 0 Å².